The summed E-state index contributed by atoms with van der Waals surface area (Å²) >= 11 is 1.80. The molecule has 0 aliphatic carbocycles. The van der Waals surface area contributed by atoms with Crippen LogP contribution in [0.1, 0.15) is 17.4 Å². The number of nitrogen functional groups attached to an aromatic ring is 1. The molecule has 1 heterocycles. The van der Waals surface area contributed by atoms with Crippen LogP contribution in [0.5, 0.6) is 0 Å². The number of hydrogen-bond acceptors (Lipinski definition) is 3. The quantitative estimate of drug-likeness (QED) is 0.808. The van der Waals surface area contributed by atoms with Crippen molar-refractivity contribution in [2.75, 3.05) is 11.1 Å². The highest BCUT2D eigenvalue weighted by Crippen LogP contribution is 2.22. The van der Waals surface area contributed by atoms with Gasteiger partial charge in [-0.25, -0.2) is 0 Å². The smallest absolute Gasteiger partial charge is 0.0392 e. The first-order valence-electron chi connectivity index (χ1n) is 5.81. The van der Waals surface area contributed by atoms with Crippen LogP contribution in [0.3, 0.4) is 0 Å². The van der Waals surface area contributed by atoms with Crippen LogP contribution in [0.2, 0.25) is 0 Å². The molecule has 2 rings (SSSR count). The van der Waals surface area contributed by atoms with E-state index in [2.05, 4.69) is 42.7 Å². The number of thiophene rings is 1. The molecule has 90 valence electrons. The molecule has 1 atom stereocenters. The maximum atomic E-state index is 5.89. The minimum atomic E-state index is 0.411. The lowest BCUT2D eigenvalue weighted by Gasteiger charge is -2.17. The van der Waals surface area contributed by atoms with Gasteiger partial charge in [0.25, 0.3) is 0 Å². The van der Waals surface area contributed by atoms with Gasteiger partial charge in [0.2, 0.25) is 0 Å². The second-order valence-electron chi connectivity index (χ2n) is 4.35. The number of benzene rings is 1. The van der Waals surface area contributed by atoms with Gasteiger partial charge in [0.1, 0.15) is 0 Å². The molecule has 0 saturated heterocycles. The van der Waals surface area contributed by atoms with Gasteiger partial charge in [0, 0.05) is 28.7 Å². The Bertz CT molecular complexity index is 477. The summed E-state index contributed by atoms with van der Waals surface area (Å²) in [4.78, 5) is 1.41. The zero-order valence-corrected chi connectivity index (χ0v) is 11.1. The number of nitrogens with one attached hydrogen (secondary N) is 1. The molecule has 0 saturated carbocycles. The topological polar surface area (TPSA) is 38.0 Å². The zero-order valence-electron chi connectivity index (χ0n) is 10.2. The van der Waals surface area contributed by atoms with Crippen molar-refractivity contribution in [3.05, 3.63) is 46.2 Å². The molecule has 0 bridgehead atoms. The zero-order chi connectivity index (χ0) is 12.3. The summed E-state index contributed by atoms with van der Waals surface area (Å²) in [5.74, 6) is 0. The van der Waals surface area contributed by atoms with Gasteiger partial charge < -0.3 is 11.1 Å². The predicted octanol–water partition coefficient (Wildman–Crippen LogP) is 3.68. The molecule has 0 fully saturated rings. The highest BCUT2D eigenvalue weighted by Gasteiger charge is 2.07. The molecule has 3 N–H and O–H groups in total. The third-order valence-electron chi connectivity index (χ3n) is 2.87. The third-order valence-corrected chi connectivity index (χ3v) is 3.76. The Morgan fingerprint density at radius 3 is 2.82 bits per heavy atom. The molecule has 0 spiro atoms. The van der Waals surface area contributed by atoms with Crippen LogP contribution in [0, 0.1) is 6.92 Å². The SMILES string of the molecule is Cc1c(N)cccc1NC(C)Cc1cccs1. The van der Waals surface area contributed by atoms with Crippen molar-refractivity contribution in [1.29, 1.82) is 0 Å². The first-order valence-corrected chi connectivity index (χ1v) is 6.69. The van der Waals surface area contributed by atoms with E-state index in [9.17, 15) is 0 Å². The average Bonchev–Trinajstić information content (AvgIpc) is 2.77. The van der Waals surface area contributed by atoms with E-state index in [1.165, 1.54) is 4.88 Å². The van der Waals surface area contributed by atoms with E-state index < -0.39 is 0 Å². The fraction of sp³-hybridized carbons (Fsp3) is 0.286. The Balaban J connectivity index is 2.03. The normalized spacial score (nSPS) is 12.4. The molecule has 1 aromatic carbocycles. The molecule has 0 radical (unpaired) electrons. The van der Waals surface area contributed by atoms with Crippen molar-refractivity contribution >= 4 is 22.7 Å². The van der Waals surface area contributed by atoms with Gasteiger partial charge in [0.15, 0.2) is 0 Å². The molecule has 0 aliphatic heterocycles. The van der Waals surface area contributed by atoms with Crippen molar-refractivity contribution in [1.82, 2.24) is 0 Å². The summed E-state index contributed by atoms with van der Waals surface area (Å²) in [6, 6.07) is 10.7. The van der Waals surface area contributed by atoms with Crippen LogP contribution in [0.25, 0.3) is 0 Å². The molecule has 1 unspecified atom stereocenters. The minimum Gasteiger partial charge on any atom is -0.398 e. The second-order valence-corrected chi connectivity index (χ2v) is 5.38. The van der Waals surface area contributed by atoms with Crippen molar-refractivity contribution in [3.8, 4) is 0 Å². The van der Waals surface area contributed by atoms with E-state index in [4.69, 9.17) is 5.73 Å². The van der Waals surface area contributed by atoms with Crippen LogP contribution in [0.15, 0.2) is 35.7 Å². The fourth-order valence-corrected chi connectivity index (χ4v) is 2.69. The van der Waals surface area contributed by atoms with Crippen molar-refractivity contribution < 1.29 is 0 Å². The maximum Gasteiger partial charge on any atom is 0.0392 e. The van der Waals surface area contributed by atoms with E-state index in [0.29, 0.717) is 6.04 Å². The van der Waals surface area contributed by atoms with E-state index in [0.717, 1.165) is 23.4 Å². The monoisotopic (exact) mass is 246 g/mol. The summed E-state index contributed by atoms with van der Waals surface area (Å²) < 4.78 is 0. The number of rotatable bonds is 4. The predicted molar refractivity (Wildman–Crippen MR) is 76.7 cm³/mol. The van der Waals surface area contributed by atoms with E-state index in [1.54, 1.807) is 11.3 Å². The van der Waals surface area contributed by atoms with E-state index in [1.807, 2.05) is 12.1 Å². The number of nitrogens with two attached hydrogens (primary N) is 1. The highest BCUT2D eigenvalue weighted by atomic mass is 32.1. The van der Waals surface area contributed by atoms with Crippen LogP contribution in [0.4, 0.5) is 11.4 Å². The first-order chi connectivity index (χ1) is 8.16. The Morgan fingerprint density at radius 2 is 2.12 bits per heavy atom. The van der Waals surface area contributed by atoms with Gasteiger partial charge in [-0.3, -0.25) is 0 Å². The average molecular weight is 246 g/mol. The van der Waals surface area contributed by atoms with Crippen LogP contribution >= 0.6 is 11.3 Å². The summed E-state index contributed by atoms with van der Waals surface area (Å²) in [5.41, 5.74) is 9.00. The van der Waals surface area contributed by atoms with Crippen LogP contribution in [-0.2, 0) is 6.42 Å². The minimum absolute atomic E-state index is 0.411. The van der Waals surface area contributed by atoms with Crippen molar-refractivity contribution in [2.24, 2.45) is 0 Å². The standard InChI is InChI=1S/C14H18N2S/c1-10(9-12-5-4-8-17-12)16-14-7-3-6-13(15)11(14)2/h3-8,10,16H,9,15H2,1-2H3. The molecule has 0 aliphatic rings. The van der Waals surface area contributed by atoms with Crippen molar-refractivity contribution in [3.63, 3.8) is 0 Å². The molecule has 2 aromatic rings. The van der Waals surface area contributed by atoms with Gasteiger partial charge >= 0.3 is 0 Å². The lowest BCUT2D eigenvalue weighted by Crippen LogP contribution is -2.18. The van der Waals surface area contributed by atoms with Gasteiger partial charge in [0.05, 0.1) is 0 Å². The fourth-order valence-electron chi connectivity index (χ4n) is 1.86. The molecule has 0 amide bonds. The summed E-state index contributed by atoms with van der Waals surface area (Å²) in [7, 11) is 0. The molecule has 1 aromatic heterocycles. The lowest BCUT2D eigenvalue weighted by molar-refractivity contribution is 0.799. The number of anilines is 2. The third kappa shape index (κ3) is 3.01. The van der Waals surface area contributed by atoms with E-state index in [-0.39, 0.29) is 0 Å². The van der Waals surface area contributed by atoms with Crippen LogP contribution in [-0.4, -0.2) is 6.04 Å². The maximum absolute atomic E-state index is 5.89. The van der Waals surface area contributed by atoms with Gasteiger partial charge in [-0.2, -0.15) is 0 Å². The Morgan fingerprint density at radius 1 is 1.29 bits per heavy atom. The molecule has 3 heteroatoms. The number of hydrogen-bond donors (Lipinski definition) is 2. The molecule has 17 heavy (non-hydrogen) atoms. The second kappa shape index (κ2) is 5.23. The Hall–Kier alpha value is -1.48. The molecule has 2 nitrogen and oxygen atoms in total. The molecular weight excluding hydrogens is 228 g/mol. The van der Waals surface area contributed by atoms with Gasteiger partial charge in [-0.05, 0) is 43.0 Å². The Kier molecular flexibility index (Phi) is 3.69. The summed E-state index contributed by atoms with van der Waals surface area (Å²) in [6.07, 6.45) is 1.05. The highest BCUT2D eigenvalue weighted by molar-refractivity contribution is 7.09. The first kappa shape index (κ1) is 12.0. The molecular formula is C14H18N2S. The van der Waals surface area contributed by atoms with E-state index >= 15 is 0 Å². The lowest BCUT2D eigenvalue weighted by atomic mass is 10.1. The summed E-state index contributed by atoms with van der Waals surface area (Å²) in [5, 5.41) is 5.63. The Labute approximate surface area is 106 Å². The largest absolute Gasteiger partial charge is 0.398 e. The van der Waals surface area contributed by atoms with Crippen LogP contribution < -0.4 is 11.1 Å². The summed E-state index contributed by atoms with van der Waals surface area (Å²) in [6.45, 7) is 4.25. The van der Waals surface area contributed by atoms with Gasteiger partial charge in [-0.1, -0.05) is 12.1 Å². The van der Waals surface area contributed by atoms with Gasteiger partial charge in [-0.15, -0.1) is 11.3 Å². The van der Waals surface area contributed by atoms with Crippen molar-refractivity contribution in [2.45, 2.75) is 26.3 Å².